The fourth-order valence-electron chi connectivity index (χ4n) is 2.79. The Labute approximate surface area is 128 Å². The molecule has 21 heavy (non-hydrogen) atoms. The van der Waals surface area contributed by atoms with Crippen LogP contribution in [0.1, 0.15) is 18.1 Å². The van der Waals surface area contributed by atoms with Crippen LogP contribution in [0.5, 0.6) is 5.75 Å². The highest BCUT2D eigenvalue weighted by Gasteiger charge is 2.18. The number of hydrogen-bond donors (Lipinski definition) is 1. The lowest BCUT2D eigenvalue weighted by Gasteiger charge is -2.34. The average molecular weight is 292 g/mol. The van der Waals surface area contributed by atoms with Gasteiger partial charge in [0.25, 0.3) is 0 Å². The number of aryl methyl sites for hydroxylation is 2. The third-order valence-corrected chi connectivity index (χ3v) is 4.14. The van der Waals surface area contributed by atoms with Crippen molar-refractivity contribution in [2.75, 3.05) is 45.9 Å². The van der Waals surface area contributed by atoms with Gasteiger partial charge in [-0.25, -0.2) is 0 Å². The molecule has 118 valence electrons. The van der Waals surface area contributed by atoms with Crippen LogP contribution in [0.4, 0.5) is 0 Å². The molecule has 1 aromatic rings. The highest BCUT2D eigenvalue weighted by Crippen LogP contribution is 2.18. The van der Waals surface area contributed by atoms with Gasteiger partial charge in [0.2, 0.25) is 0 Å². The lowest BCUT2D eigenvalue weighted by atomic mass is 10.1. The fraction of sp³-hybridized carbons (Fsp3) is 0.647. The van der Waals surface area contributed by atoms with Crippen LogP contribution < -0.4 is 4.74 Å². The molecule has 2 rings (SSSR count). The van der Waals surface area contributed by atoms with Crippen LogP contribution in [0.3, 0.4) is 0 Å². The lowest BCUT2D eigenvalue weighted by Crippen LogP contribution is -2.49. The monoisotopic (exact) mass is 292 g/mol. The van der Waals surface area contributed by atoms with Crippen molar-refractivity contribution < 1.29 is 9.84 Å². The molecule has 1 aromatic carbocycles. The normalized spacial score (nSPS) is 18.7. The Bertz CT molecular complexity index is 442. The SMILES string of the molecule is CCN1CCN(CC(O)COc2ccc(C)cc2C)CC1. The maximum Gasteiger partial charge on any atom is 0.122 e. The first-order valence-corrected chi connectivity index (χ1v) is 7.91. The zero-order chi connectivity index (χ0) is 15.2. The van der Waals surface area contributed by atoms with Gasteiger partial charge in [0.1, 0.15) is 18.5 Å². The fourth-order valence-corrected chi connectivity index (χ4v) is 2.79. The molecule has 0 aliphatic carbocycles. The quantitative estimate of drug-likeness (QED) is 0.865. The summed E-state index contributed by atoms with van der Waals surface area (Å²) in [6, 6.07) is 6.13. The van der Waals surface area contributed by atoms with Gasteiger partial charge in [0.05, 0.1) is 0 Å². The molecule has 0 spiro atoms. The van der Waals surface area contributed by atoms with Gasteiger partial charge in [-0.1, -0.05) is 24.6 Å². The van der Waals surface area contributed by atoms with E-state index in [1.54, 1.807) is 0 Å². The number of benzene rings is 1. The van der Waals surface area contributed by atoms with E-state index in [1.165, 1.54) is 5.56 Å². The first-order chi connectivity index (χ1) is 10.1. The number of likely N-dealkylation sites (N-methyl/N-ethyl adjacent to an activating group) is 1. The van der Waals surface area contributed by atoms with Gasteiger partial charge >= 0.3 is 0 Å². The van der Waals surface area contributed by atoms with E-state index < -0.39 is 6.10 Å². The third kappa shape index (κ3) is 4.99. The van der Waals surface area contributed by atoms with Crippen molar-refractivity contribution in [2.45, 2.75) is 26.9 Å². The van der Waals surface area contributed by atoms with E-state index in [0.717, 1.165) is 44.0 Å². The highest BCUT2D eigenvalue weighted by atomic mass is 16.5. The van der Waals surface area contributed by atoms with Gasteiger partial charge in [-0.05, 0) is 32.0 Å². The van der Waals surface area contributed by atoms with E-state index in [-0.39, 0.29) is 0 Å². The molecule has 1 unspecified atom stereocenters. The summed E-state index contributed by atoms with van der Waals surface area (Å²) in [5.74, 6) is 0.871. The molecule has 1 N–H and O–H groups in total. The molecule has 4 nitrogen and oxygen atoms in total. The molecule has 0 aromatic heterocycles. The minimum atomic E-state index is -0.432. The molecule has 1 saturated heterocycles. The lowest BCUT2D eigenvalue weighted by molar-refractivity contribution is 0.0469. The number of hydrogen-bond acceptors (Lipinski definition) is 4. The van der Waals surface area contributed by atoms with Gasteiger partial charge in [0.15, 0.2) is 0 Å². The maximum absolute atomic E-state index is 10.2. The zero-order valence-electron chi connectivity index (χ0n) is 13.5. The number of β-amino-alcohol motifs (C(OH)–C–C–N with tert-alkyl or cyclic N) is 1. The van der Waals surface area contributed by atoms with Crippen LogP contribution in [0, 0.1) is 13.8 Å². The first kappa shape index (κ1) is 16.3. The minimum Gasteiger partial charge on any atom is -0.491 e. The average Bonchev–Trinajstić information content (AvgIpc) is 2.47. The number of aliphatic hydroxyl groups excluding tert-OH is 1. The summed E-state index contributed by atoms with van der Waals surface area (Å²) >= 11 is 0. The van der Waals surface area contributed by atoms with E-state index in [4.69, 9.17) is 4.74 Å². The third-order valence-electron chi connectivity index (χ3n) is 4.14. The number of ether oxygens (including phenoxy) is 1. The molecular weight excluding hydrogens is 264 g/mol. The number of aliphatic hydroxyl groups is 1. The molecule has 0 saturated carbocycles. The van der Waals surface area contributed by atoms with E-state index in [0.29, 0.717) is 13.2 Å². The summed E-state index contributed by atoms with van der Waals surface area (Å²) in [5.41, 5.74) is 2.35. The van der Waals surface area contributed by atoms with Gasteiger partial charge in [0, 0.05) is 32.7 Å². The second-order valence-electron chi connectivity index (χ2n) is 5.97. The van der Waals surface area contributed by atoms with Crippen molar-refractivity contribution in [2.24, 2.45) is 0 Å². The minimum absolute atomic E-state index is 0.359. The molecule has 0 radical (unpaired) electrons. The topological polar surface area (TPSA) is 35.9 Å². The molecule has 1 aliphatic rings. The molecule has 4 heteroatoms. The molecule has 1 heterocycles. The van der Waals surface area contributed by atoms with Crippen LogP contribution >= 0.6 is 0 Å². The van der Waals surface area contributed by atoms with Crippen LogP contribution in [0.25, 0.3) is 0 Å². The predicted molar refractivity (Wildman–Crippen MR) is 86.0 cm³/mol. The molecule has 1 aliphatic heterocycles. The van der Waals surface area contributed by atoms with Gasteiger partial charge in [-0.3, -0.25) is 4.90 Å². The summed E-state index contributed by atoms with van der Waals surface area (Å²) in [4.78, 5) is 4.76. The standard InChI is InChI=1S/C17H28N2O2/c1-4-18-7-9-19(10-8-18)12-16(20)13-21-17-6-5-14(2)11-15(17)3/h5-6,11,16,20H,4,7-10,12-13H2,1-3H3. The molecule has 1 atom stereocenters. The van der Waals surface area contributed by atoms with Crippen molar-refractivity contribution in [1.82, 2.24) is 9.80 Å². The Morgan fingerprint density at radius 2 is 1.81 bits per heavy atom. The van der Waals surface area contributed by atoms with Gasteiger partial charge in [-0.2, -0.15) is 0 Å². The Morgan fingerprint density at radius 1 is 1.14 bits per heavy atom. The van der Waals surface area contributed by atoms with Crippen molar-refractivity contribution in [3.8, 4) is 5.75 Å². The van der Waals surface area contributed by atoms with Crippen LogP contribution in [0.2, 0.25) is 0 Å². The van der Waals surface area contributed by atoms with Crippen molar-refractivity contribution in [3.05, 3.63) is 29.3 Å². The zero-order valence-corrected chi connectivity index (χ0v) is 13.5. The summed E-state index contributed by atoms with van der Waals surface area (Å²) in [6.07, 6.45) is -0.432. The predicted octanol–water partition coefficient (Wildman–Crippen LogP) is 1.68. The Hall–Kier alpha value is -1.10. The maximum atomic E-state index is 10.2. The molecule has 1 fully saturated rings. The van der Waals surface area contributed by atoms with E-state index in [1.807, 2.05) is 19.1 Å². The van der Waals surface area contributed by atoms with E-state index >= 15 is 0 Å². The largest absolute Gasteiger partial charge is 0.491 e. The summed E-state index contributed by atoms with van der Waals surface area (Å²) in [6.45, 7) is 12.8. The smallest absolute Gasteiger partial charge is 0.122 e. The summed E-state index contributed by atoms with van der Waals surface area (Å²) in [5, 5.41) is 10.2. The Kier molecular flexibility index (Phi) is 6.03. The first-order valence-electron chi connectivity index (χ1n) is 7.91. The number of nitrogens with zero attached hydrogens (tertiary/aromatic N) is 2. The Morgan fingerprint density at radius 3 is 2.43 bits per heavy atom. The van der Waals surface area contributed by atoms with Crippen LogP contribution in [-0.2, 0) is 0 Å². The van der Waals surface area contributed by atoms with Crippen LogP contribution in [-0.4, -0.2) is 66.9 Å². The molecular formula is C17H28N2O2. The summed E-state index contributed by atoms with van der Waals surface area (Å²) in [7, 11) is 0. The number of piperazine rings is 1. The van der Waals surface area contributed by atoms with E-state index in [2.05, 4.69) is 29.7 Å². The van der Waals surface area contributed by atoms with Gasteiger partial charge < -0.3 is 14.7 Å². The van der Waals surface area contributed by atoms with Crippen LogP contribution in [0.15, 0.2) is 18.2 Å². The second-order valence-corrected chi connectivity index (χ2v) is 5.97. The van der Waals surface area contributed by atoms with Gasteiger partial charge in [-0.15, -0.1) is 0 Å². The van der Waals surface area contributed by atoms with Crippen molar-refractivity contribution in [1.29, 1.82) is 0 Å². The Balaban J connectivity index is 1.73. The van der Waals surface area contributed by atoms with Crippen molar-refractivity contribution >= 4 is 0 Å². The highest BCUT2D eigenvalue weighted by molar-refractivity contribution is 5.35. The van der Waals surface area contributed by atoms with E-state index in [9.17, 15) is 5.11 Å². The molecule has 0 amide bonds. The number of rotatable bonds is 6. The molecule has 0 bridgehead atoms. The van der Waals surface area contributed by atoms with Crippen molar-refractivity contribution in [3.63, 3.8) is 0 Å². The second kappa shape index (κ2) is 7.78. The summed E-state index contributed by atoms with van der Waals surface area (Å²) < 4.78 is 5.75.